The van der Waals surface area contributed by atoms with E-state index in [0.717, 1.165) is 12.5 Å². The Morgan fingerprint density at radius 1 is 1.28 bits per heavy atom. The van der Waals surface area contributed by atoms with E-state index < -0.39 is 0 Å². The maximum Gasteiger partial charge on any atom is 0.0417 e. The highest BCUT2D eigenvalue weighted by atomic mass is 15.2. The van der Waals surface area contributed by atoms with Crippen LogP contribution in [-0.4, -0.2) is 25.7 Å². The van der Waals surface area contributed by atoms with E-state index in [-0.39, 0.29) is 0 Å². The van der Waals surface area contributed by atoms with E-state index in [1.165, 1.54) is 43.6 Å². The summed E-state index contributed by atoms with van der Waals surface area (Å²) >= 11 is 0. The van der Waals surface area contributed by atoms with Crippen molar-refractivity contribution in [3.63, 3.8) is 0 Å². The highest BCUT2D eigenvalue weighted by Crippen LogP contribution is 2.31. The van der Waals surface area contributed by atoms with E-state index in [1.54, 1.807) is 5.56 Å². The van der Waals surface area contributed by atoms with Crippen LogP contribution in [0.1, 0.15) is 30.9 Å². The van der Waals surface area contributed by atoms with Gasteiger partial charge in [0.15, 0.2) is 0 Å². The predicted octanol–water partition coefficient (Wildman–Crippen LogP) is 2.75. The molecule has 0 amide bonds. The molecular formula is C16H24N2. The minimum absolute atomic E-state index is 0.690. The molecule has 0 spiro atoms. The monoisotopic (exact) mass is 244 g/mol. The van der Waals surface area contributed by atoms with Gasteiger partial charge in [0.1, 0.15) is 0 Å². The number of nitrogens with zero attached hydrogens (tertiary/aromatic N) is 1. The normalized spacial score (nSPS) is 28.0. The minimum Gasteiger partial charge on any atom is -0.367 e. The molecule has 18 heavy (non-hydrogen) atoms. The van der Waals surface area contributed by atoms with Crippen LogP contribution in [0.25, 0.3) is 0 Å². The van der Waals surface area contributed by atoms with Crippen molar-refractivity contribution >= 4 is 5.69 Å². The second kappa shape index (κ2) is 4.93. The van der Waals surface area contributed by atoms with Crippen LogP contribution in [0.15, 0.2) is 18.2 Å². The van der Waals surface area contributed by atoms with Gasteiger partial charge < -0.3 is 10.2 Å². The first-order chi connectivity index (χ1) is 8.74. The van der Waals surface area contributed by atoms with E-state index in [1.807, 2.05) is 0 Å². The van der Waals surface area contributed by atoms with E-state index in [2.05, 4.69) is 42.3 Å². The summed E-state index contributed by atoms with van der Waals surface area (Å²) in [7, 11) is 0. The molecule has 1 N–H and O–H groups in total. The molecule has 0 aliphatic carbocycles. The van der Waals surface area contributed by atoms with E-state index in [4.69, 9.17) is 0 Å². The Hall–Kier alpha value is -1.02. The first kappa shape index (κ1) is 12.0. The zero-order valence-corrected chi connectivity index (χ0v) is 11.6. The molecule has 1 fully saturated rings. The van der Waals surface area contributed by atoms with Gasteiger partial charge in [-0.25, -0.2) is 0 Å². The largest absolute Gasteiger partial charge is 0.367 e. The van der Waals surface area contributed by atoms with Crippen molar-refractivity contribution < 1.29 is 0 Å². The van der Waals surface area contributed by atoms with Crippen LogP contribution in [-0.2, 0) is 6.42 Å². The molecule has 3 rings (SSSR count). The van der Waals surface area contributed by atoms with Crippen LogP contribution >= 0.6 is 0 Å². The number of aryl methyl sites for hydroxylation is 2. The molecule has 0 saturated carbocycles. The molecule has 0 radical (unpaired) electrons. The SMILES string of the molecule is Cc1ccc2c(c1)CCCN2C1CNCC(C)C1. The Labute approximate surface area is 110 Å². The summed E-state index contributed by atoms with van der Waals surface area (Å²) in [6.45, 7) is 8.13. The van der Waals surface area contributed by atoms with Gasteiger partial charge in [-0.2, -0.15) is 0 Å². The summed E-state index contributed by atoms with van der Waals surface area (Å²) in [4.78, 5) is 2.65. The van der Waals surface area contributed by atoms with Crippen molar-refractivity contribution in [3.05, 3.63) is 29.3 Å². The third kappa shape index (κ3) is 2.26. The van der Waals surface area contributed by atoms with Gasteiger partial charge in [-0.3, -0.25) is 0 Å². The Morgan fingerprint density at radius 2 is 2.17 bits per heavy atom. The molecule has 1 saturated heterocycles. The van der Waals surface area contributed by atoms with Crippen LogP contribution in [0.3, 0.4) is 0 Å². The van der Waals surface area contributed by atoms with Gasteiger partial charge in [0, 0.05) is 24.8 Å². The minimum atomic E-state index is 0.690. The fourth-order valence-corrected chi connectivity index (χ4v) is 3.50. The molecule has 2 aliphatic rings. The van der Waals surface area contributed by atoms with Gasteiger partial charge in [0.25, 0.3) is 0 Å². The van der Waals surface area contributed by atoms with E-state index >= 15 is 0 Å². The second-order valence-corrected chi connectivity index (χ2v) is 6.08. The van der Waals surface area contributed by atoms with Crippen LogP contribution in [0.4, 0.5) is 5.69 Å². The molecule has 98 valence electrons. The van der Waals surface area contributed by atoms with Gasteiger partial charge >= 0.3 is 0 Å². The summed E-state index contributed by atoms with van der Waals surface area (Å²) in [6, 6.07) is 7.66. The molecule has 0 aromatic heterocycles. The molecule has 2 aliphatic heterocycles. The maximum absolute atomic E-state index is 3.58. The topological polar surface area (TPSA) is 15.3 Å². The number of benzene rings is 1. The molecule has 2 nitrogen and oxygen atoms in total. The number of rotatable bonds is 1. The smallest absolute Gasteiger partial charge is 0.0417 e. The number of fused-ring (bicyclic) bond motifs is 1. The highest BCUT2D eigenvalue weighted by molar-refractivity contribution is 5.57. The Bertz CT molecular complexity index is 427. The third-order valence-electron chi connectivity index (χ3n) is 4.38. The lowest BCUT2D eigenvalue weighted by molar-refractivity contribution is 0.344. The summed E-state index contributed by atoms with van der Waals surface area (Å²) in [5.41, 5.74) is 4.44. The summed E-state index contributed by atoms with van der Waals surface area (Å²) in [5.74, 6) is 0.805. The summed E-state index contributed by atoms with van der Waals surface area (Å²) in [6.07, 6.45) is 3.89. The van der Waals surface area contributed by atoms with Crippen molar-refractivity contribution in [3.8, 4) is 0 Å². The van der Waals surface area contributed by atoms with Gasteiger partial charge in [-0.1, -0.05) is 24.6 Å². The molecule has 1 aromatic rings. The molecule has 2 unspecified atom stereocenters. The first-order valence-electron chi connectivity index (χ1n) is 7.31. The lowest BCUT2D eigenvalue weighted by Crippen LogP contribution is -2.50. The van der Waals surface area contributed by atoms with Crippen molar-refractivity contribution in [1.82, 2.24) is 5.32 Å². The standard InChI is InChI=1S/C16H24N2/c1-12-5-6-16-14(8-12)4-3-7-18(16)15-9-13(2)10-17-11-15/h5-6,8,13,15,17H,3-4,7,9-11H2,1-2H3. The lowest BCUT2D eigenvalue weighted by Gasteiger charge is -2.41. The Morgan fingerprint density at radius 3 is 3.00 bits per heavy atom. The van der Waals surface area contributed by atoms with Crippen molar-refractivity contribution in [2.45, 2.75) is 39.2 Å². The van der Waals surface area contributed by atoms with Crippen LogP contribution in [0, 0.1) is 12.8 Å². The number of nitrogens with one attached hydrogen (secondary N) is 1. The summed E-state index contributed by atoms with van der Waals surface area (Å²) in [5, 5.41) is 3.58. The number of hydrogen-bond acceptors (Lipinski definition) is 2. The fourth-order valence-electron chi connectivity index (χ4n) is 3.50. The highest BCUT2D eigenvalue weighted by Gasteiger charge is 2.27. The number of piperidine rings is 1. The third-order valence-corrected chi connectivity index (χ3v) is 4.38. The first-order valence-corrected chi connectivity index (χ1v) is 7.31. The number of hydrogen-bond donors (Lipinski definition) is 1. The van der Waals surface area contributed by atoms with Crippen LogP contribution in [0.2, 0.25) is 0 Å². The van der Waals surface area contributed by atoms with E-state index in [9.17, 15) is 0 Å². The van der Waals surface area contributed by atoms with Crippen LogP contribution in [0.5, 0.6) is 0 Å². The summed E-state index contributed by atoms with van der Waals surface area (Å²) < 4.78 is 0. The van der Waals surface area contributed by atoms with Gasteiger partial charge in [0.2, 0.25) is 0 Å². The quantitative estimate of drug-likeness (QED) is 0.817. The predicted molar refractivity (Wildman–Crippen MR) is 77.3 cm³/mol. The molecule has 2 atom stereocenters. The van der Waals surface area contributed by atoms with Gasteiger partial charge in [0.05, 0.1) is 0 Å². The maximum atomic E-state index is 3.58. The Balaban J connectivity index is 1.86. The van der Waals surface area contributed by atoms with Gasteiger partial charge in [-0.15, -0.1) is 0 Å². The molecular weight excluding hydrogens is 220 g/mol. The van der Waals surface area contributed by atoms with Crippen LogP contribution < -0.4 is 10.2 Å². The van der Waals surface area contributed by atoms with Gasteiger partial charge in [-0.05, 0) is 50.3 Å². The van der Waals surface area contributed by atoms with Crippen molar-refractivity contribution in [1.29, 1.82) is 0 Å². The Kier molecular flexibility index (Phi) is 3.29. The average molecular weight is 244 g/mol. The molecule has 2 heterocycles. The molecule has 0 bridgehead atoms. The van der Waals surface area contributed by atoms with Crippen molar-refractivity contribution in [2.75, 3.05) is 24.5 Å². The molecule has 2 heteroatoms. The average Bonchev–Trinajstić information content (AvgIpc) is 2.37. The number of anilines is 1. The fraction of sp³-hybridized carbons (Fsp3) is 0.625. The van der Waals surface area contributed by atoms with Crippen molar-refractivity contribution in [2.24, 2.45) is 5.92 Å². The molecule has 1 aromatic carbocycles. The zero-order valence-electron chi connectivity index (χ0n) is 11.6. The lowest BCUT2D eigenvalue weighted by atomic mass is 9.92. The zero-order chi connectivity index (χ0) is 12.5. The van der Waals surface area contributed by atoms with E-state index in [0.29, 0.717) is 6.04 Å². The second-order valence-electron chi connectivity index (χ2n) is 6.08.